The van der Waals surface area contributed by atoms with Crippen LogP contribution in [0.15, 0.2) is 48.9 Å². The van der Waals surface area contributed by atoms with E-state index in [0.29, 0.717) is 29.5 Å². The minimum atomic E-state index is -0.341. The van der Waals surface area contributed by atoms with E-state index in [2.05, 4.69) is 57.8 Å². The van der Waals surface area contributed by atoms with Crippen molar-refractivity contribution in [2.75, 3.05) is 19.4 Å². The molecule has 1 aromatic carbocycles. The van der Waals surface area contributed by atoms with E-state index in [1.54, 1.807) is 18.6 Å². The van der Waals surface area contributed by atoms with E-state index in [1.165, 1.54) is 48.9 Å². The van der Waals surface area contributed by atoms with E-state index in [0.717, 1.165) is 29.1 Å². The van der Waals surface area contributed by atoms with E-state index in [9.17, 15) is 9.18 Å². The summed E-state index contributed by atoms with van der Waals surface area (Å²) >= 11 is 0. The van der Waals surface area contributed by atoms with Crippen LogP contribution in [-0.2, 0) is 13.1 Å². The lowest BCUT2D eigenvalue weighted by Gasteiger charge is -2.20. The smallest absolute Gasteiger partial charge is 0.255 e. The van der Waals surface area contributed by atoms with E-state index in [-0.39, 0.29) is 11.7 Å². The molecule has 0 saturated heterocycles. The largest absolute Gasteiger partial charge is 0.348 e. The normalized spacial score (nSPS) is 15.6. The van der Waals surface area contributed by atoms with Crippen molar-refractivity contribution < 1.29 is 9.18 Å². The van der Waals surface area contributed by atoms with E-state index in [4.69, 9.17) is 0 Å². The Morgan fingerprint density at radius 2 is 1.97 bits per heavy atom. The van der Waals surface area contributed by atoms with Gasteiger partial charge in [-0.15, -0.1) is 0 Å². The Morgan fingerprint density at radius 1 is 1.14 bits per heavy atom. The first kappa shape index (κ1) is 22.7. The van der Waals surface area contributed by atoms with Crippen LogP contribution in [0.2, 0.25) is 0 Å². The molecule has 0 bridgehead atoms. The summed E-state index contributed by atoms with van der Waals surface area (Å²) in [5.74, 6) is 0.665. The van der Waals surface area contributed by atoms with Gasteiger partial charge in [-0.05, 0) is 67.7 Å². The molecule has 8 heteroatoms. The third kappa shape index (κ3) is 4.01. The highest BCUT2D eigenvalue weighted by molar-refractivity contribution is 6.05. The average Bonchev–Trinajstić information content (AvgIpc) is 3.60. The summed E-state index contributed by atoms with van der Waals surface area (Å²) in [6.45, 7) is 1.27. The number of hydrogen-bond acceptors (Lipinski definition) is 5. The Morgan fingerprint density at radius 3 is 2.78 bits per heavy atom. The van der Waals surface area contributed by atoms with E-state index < -0.39 is 0 Å². The molecule has 1 aliphatic carbocycles. The summed E-state index contributed by atoms with van der Waals surface area (Å²) in [7, 11) is 4.18. The van der Waals surface area contributed by atoms with Crippen LogP contribution in [-0.4, -0.2) is 39.3 Å². The van der Waals surface area contributed by atoms with E-state index >= 15 is 0 Å². The third-order valence-electron chi connectivity index (χ3n) is 7.28. The molecule has 3 aromatic heterocycles. The maximum Gasteiger partial charge on any atom is 0.255 e. The van der Waals surface area contributed by atoms with Gasteiger partial charge in [-0.1, -0.05) is 18.9 Å². The van der Waals surface area contributed by atoms with Crippen molar-refractivity contribution in [1.82, 2.24) is 24.6 Å². The fourth-order valence-corrected chi connectivity index (χ4v) is 5.64. The number of amides is 1. The van der Waals surface area contributed by atoms with Crippen molar-refractivity contribution >= 4 is 23.1 Å². The Labute approximate surface area is 209 Å². The number of nitrogens with zero attached hydrogens (tertiary/aromatic N) is 4. The lowest BCUT2D eigenvalue weighted by Crippen LogP contribution is -2.15. The predicted octanol–water partition coefficient (Wildman–Crippen LogP) is 5.24. The van der Waals surface area contributed by atoms with Crippen LogP contribution in [0.25, 0.3) is 16.9 Å². The van der Waals surface area contributed by atoms with Crippen LogP contribution in [0.5, 0.6) is 0 Å². The zero-order valence-electron chi connectivity index (χ0n) is 20.5. The number of pyridine rings is 2. The zero-order valence-corrected chi connectivity index (χ0v) is 20.5. The van der Waals surface area contributed by atoms with Gasteiger partial charge < -0.3 is 15.5 Å². The summed E-state index contributed by atoms with van der Waals surface area (Å²) in [5.41, 5.74) is 7.15. The maximum atomic E-state index is 13.7. The fourth-order valence-electron chi connectivity index (χ4n) is 5.64. The van der Waals surface area contributed by atoms with Gasteiger partial charge in [-0.25, -0.2) is 14.4 Å². The summed E-state index contributed by atoms with van der Waals surface area (Å²) in [6, 6.07) is 9.31. The average molecular weight is 485 g/mol. The maximum absolute atomic E-state index is 13.7. The van der Waals surface area contributed by atoms with Gasteiger partial charge in [0.15, 0.2) is 0 Å². The van der Waals surface area contributed by atoms with Gasteiger partial charge in [0.25, 0.3) is 5.91 Å². The summed E-state index contributed by atoms with van der Waals surface area (Å²) in [4.78, 5) is 24.1. The van der Waals surface area contributed by atoms with Crippen molar-refractivity contribution in [3.8, 4) is 11.3 Å². The second kappa shape index (κ2) is 9.02. The van der Waals surface area contributed by atoms with Gasteiger partial charge in [0.2, 0.25) is 0 Å². The second-order valence-corrected chi connectivity index (χ2v) is 10.0. The molecule has 0 unspecified atom stereocenters. The Balaban J connectivity index is 1.38. The van der Waals surface area contributed by atoms with Gasteiger partial charge >= 0.3 is 0 Å². The Hall–Kier alpha value is -3.78. The Bertz CT molecular complexity index is 1470. The van der Waals surface area contributed by atoms with Crippen LogP contribution >= 0.6 is 0 Å². The van der Waals surface area contributed by atoms with Crippen LogP contribution in [0.4, 0.5) is 15.9 Å². The fraction of sp³-hybridized carbons (Fsp3) is 0.321. The van der Waals surface area contributed by atoms with Crippen molar-refractivity contribution in [2.45, 2.75) is 44.7 Å². The van der Waals surface area contributed by atoms with Gasteiger partial charge in [0.1, 0.15) is 17.3 Å². The molecule has 36 heavy (non-hydrogen) atoms. The number of rotatable bonds is 6. The van der Waals surface area contributed by atoms with Crippen LogP contribution in [0.3, 0.4) is 0 Å². The molecule has 184 valence electrons. The molecule has 2 N–H and O–H groups in total. The number of carbonyl (C=O) groups is 1. The molecule has 2 aliphatic rings. The highest BCUT2D eigenvalue weighted by Crippen LogP contribution is 2.38. The number of hydrogen-bond donors (Lipinski definition) is 2. The first-order valence-electron chi connectivity index (χ1n) is 12.5. The topological polar surface area (TPSA) is 74.6 Å². The molecule has 1 saturated carbocycles. The molecular weight excluding hydrogens is 455 g/mol. The Kier molecular flexibility index (Phi) is 5.68. The number of nitrogens with one attached hydrogen (secondary N) is 2. The number of carbonyl (C=O) groups excluding carboxylic acids is 1. The first-order valence-corrected chi connectivity index (χ1v) is 12.5. The van der Waals surface area contributed by atoms with Gasteiger partial charge in [0, 0.05) is 42.8 Å². The molecule has 7 nitrogen and oxygen atoms in total. The van der Waals surface area contributed by atoms with Crippen molar-refractivity contribution in [3.05, 3.63) is 77.0 Å². The standard InChI is InChI=1S/C28H29FN6O/c1-34(2)16-18-11-20(7-8-21(18)17-5-3-4-6-17)33-27-26-23(14-32-28(26)36)22(13-31-27)24-15-30-25-12-19(29)9-10-35(24)25/h7-13,15,17H,3-6,14,16H2,1-2H3,(H,31,33)(H,32,36). The van der Waals surface area contributed by atoms with E-state index in [1.807, 2.05) is 4.40 Å². The number of imidazole rings is 1. The molecule has 1 fully saturated rings. The molecule has 6 rings (SSSR count). The highest BCUT2D eigenvalue weighted by Gasteiger charge is 2.28. The van der Waals surface area contributed by atoms with Crippen LogP contribution in [0, 0.1) is 5.82 Å². The molecule has 1 amide bonds. The minimum absolute atomic E-state index is 0.155. The predicted molar refractivity (Wildman–Crippen MR) is 138 cm³/mol. The van der Waals surface area contributed by atoms with Crippen molar-refractivity contribution in [1.29, 1.82) is 0 Å². The number of halogens is 1. The molecule has 0 spiro atoms. The summed E-state index contributed by atoms with van der Waals surface area (Å²) in [6.07, 6.45) is 10.2. The number of aromatic nitrogens is 3. The SMILES string of the molecule is CN(C)Cc1cc(Nc2ncc(-c3cnc4cc(F)ccn34)c3c2C(=O)NC3)ccc1C1CCCC1. The number of fused-ring (bicyclic) bond motifs is 2. The third-order valence-corrected chi connectivity index (χ3v) is 7.28. The highest BCUT2D eigenvalue weighted by atomic mass is 19.1. The summed E-state index contributed by atoms with van der Waals surface area (Å²) < 4.78 is 15.5. The molecule has 4 heterocycles. The molecular formula is C28H29FN6O. The zero-order chi connectivity index (χ0) is 24.8. The second-order valence-electron chi connectivity index (χ2n) is 10.0. The summed E-state index contributed by atoms with van der Waals surface area (Å²) in [5, 5.41) is 6.36. The van der Waals surface area contributed by atoms with Gasteiger partial charge in [0.05, 0.1) is 17.5 Å². The monoisotopic (exact) mass is 484 g/mol. The van der Waals surface area contributed by atoms with Gasteiger partial charge in [-0.2, -0.15) is 0 Å². The molecule has 4 aromatic rings. The van der Waals surface area contributed by atoms with Gasteiger partial charge in [-0.3, -0.25) is 9.20 Å². The quantitative estimate of drug-likeness (QED) is 0.391. The van der Waals surface area contributed by atoms with Crippen LogP contribution < -0.4 is 10.6 Å². The van der Waals surface area contributed by atoms with Crippen LogP contribution in [0.1, 0.15) is 58.6 Å². The number of anilines is 2. The lowest BCUT2D eigenvalue weighted by molar-refractivity contribution is 0.0966. The first-order chi connectivity index (χ1) is 17.5. The molecule has 1 aliphatic heterocycles. The molecule has 0 atom stereocenters. The minimum Gasteiger partial charge on any atom is -0.348 e. The lowest BCUT2D eigenvalue weighted by atomic mass is 9.92. The van der Waals surface area contributed by atoms with Crippen molar-refractivity contribution in [2.24, 2.45) is 0 Å². The van der Waals surface area contributed by atoms with Crippen molar-refractivity contribution in [3.63, 3.8) is 0 Å². The molecule has 0 radical (unpaired) electrons. The number of benzene rings is 1.